The van der Waals surface area contributed by atoms with Crippen LogP contribution >= 0.6 is 23.1 Å². The number of thiophene rings is 1. The maximum Gasteiger partial charge on any atom is 0.234 e. The molecule has 9 heteroatoms. The molecule has 0 bridgehead atoms. The van der Waals surface area contributed by atoms with Gasteiger partial charge < -0.3 is 19.4 Å². The van der Waals surface area contributed by atoms with Crippen LogP contribution in [-0.2, 0) is 11.8 Å². The smallest absolute Gasteiger partial charge is 0.234 e. The number of nitrogens with one attached hydrogen (secondary N) is 1. The van der Waals surface area contributed by atoms with Gasteiger partial charge in [-0.25, -0.2) is 0 Å². The number of carbonyl (C=O) groups excluding carboxylic acids is 1. The predicted molar refractivity (Wildman–Crippen MR) is 133 cm³/mol. The number of amides is 1. The van der Waals surface area contributed by atoms with E-state index in [2.05, 4.69) is 40.0 Å². The van der Waals surface area contributed by atoms with Gasteiger partial charge in [-0.05, 0) is 24.6 Å². The van der Waals surface area contributed by atoms with Gasteiger partial charge in [0.1, 0.15) is 11.5 Å². The van der Waals surface area contributed by atoms with E-state index in [9.17, 15) is 4.79 Å². The number of aromatic nitrogens is 3. The number of hydrogen-bond acceptors (Lipinski definition) is 7. The maximum atomic E-state index is 12.6. The third-order valence-electron chi connectivity index (χ3n) is 5.13. The van der Waals surface area contributed by atoms with Gasteiger partial charge in [0.25, 0.3) is 0 Å². The summed E-state index contributed by atoms with van der Waals surface area (Å²) < 4.78 is 12.5. The molecule has 1 N–H and O–H groups in total. The molecule has 0 unspecified atom stereocenters. The monoisotopic (exact) mass is 480 g/mol. The lowest BCUT2D eigenvalue weighted by atomic mass is 10.0. The fraction of sp³-hybridized carbons (Fsp3) is 0.208. The molecule has 0 aliphatic heterocycles. The predicted octanol–water partition coefficient (Wildman–Crippen LogP) is 5.27. The van der Waals surface area contributed by atoms with Gasteiger partial charge in [0.2, 0.25) is 5.91 Å². The van der Waals surface area contributed by atoms with Crippen molar-refractivity contribution in [2.75, 3.05) is 25.3 Å². The van der Waals surface area contributed by atoms with Crippen LogP contribution in [0, 0.1) is 6.92 Å². The van der Waals surface area contributed by atoms with E-state index in [-0.39, 0.29) is 11.7 Å². The Bertz CT molecular complexity index is 1270. The highest BCUT2D eigenvalue weighted by atomic mass is 32.2. The van der Waals surface area contributed by atoms with Crippen molar-refractivity contribution in [3.63, 3.8) is 0 Å². The van der Waals surface area contributed by atoms with E-state index >= 15 is 0 Å². The average molecular weight is 481 g/mol. The van der Waals surface area contributed by atoms with Gasteiger partial charge in [0, 0.05) is 34.5 Å². The van der Waals surface area contributed by atoms with Crippen molar-refractivity contribution >= 4 is 34.7 Å². The molecule has 0 aliphatic carbocycles. The van der Waals surface area contributed by atoms with Gasteiger partial charge in [-0.2, -0.15) is 0 Å². The number of nitrogens with zero attached hydrogens (tertiary/aromatic N) is 3. The van der Waals surface area contributed by atoms with Gasteiger partial charge in [0.15, 0.2) is 11.0 Å². The normalized spacial score (nSPS) is 10.8. The summed E-state index contributed by atoms with van der Waals surface area (Å²) in [5.74, 6) is 1.98. The summed E-state index contributed by atoms with van der Waals surface area (Å²) in [6, 6.07) is 15.5. The lowest BCUT2D eigenvalue weighted by molar-refractivity contribution is -0.113. The second-order valence-electron chi connectivity index (χ2n) is 7.21. The van der Waals surface area contributed by atoms with Crippen LogP contribution in [0.1, 0.15) is 4.88 Å². The lowest BCUT2D eigenvalue weighted by Crippen LogP contribution is -2.15. The minimum absolute atomic E-state index is 0.174. The Hall–Kier alpha value is -3.30. The summed E-state index contributed by atoms with van der Waals surface area (Å²) >= 11 is 3.02. The zero-order chi connectivity index (χ0) is 23.4. The molecule has 7 nitrogen and oxygen atoms in total. The fourth-order valence-electron chi connectivity index (χ4n) is 3.49. The molecular weight excluding hydrogens is 456 g/mol. The molecule has 0 radical (unpaired) electrons. The Morgan fingerprint density at radius 2 is 1.91 bits per heavy atom. The minimum Gasteiger partial charge on any atom is -0.497 e. The molecular formula is C24H24N4O3S2. The van der Waals surface area contributed by atoms with Gasteiger partial charge >= 0.3 is 0 Å². The molecule has 0 atom stereocenters. The van der Waals surface area contributed by atoms with Crippen LogP contribution in [-0.4, -0.2) is 40.6 Å². The van der Waals surface area contributed by atoms with E-state index in [1.54, 1.807) is 43.8 Å². The Labute approximate surface area is 200 Å². The SMILES string of the molecule is COc1ccc(OC)c(NC(=O)CSc2nnc(-c3csc(C)c3-c3ccccc3)n2C)c1. The van der Waals surface area contributed by atoms with Crippen LogP contribution in [0.15, 0.2) is 59.1 Å². The highest BCUT2D eigenvalue weighted by molar-refractivity contribution is 7.99. The molecule has 4 aromatic rings. The highest BCUT2D eigenvalue weighted by Crippen LogP contribution is 2.38. The Morgan fingerprint density at radius 3 is 2.64 bits per heavy atom. The summed E-state index contributed by atoms with van der Waals surface area (Å²) in [7, 11) is 5.05. The zero-order valence-electron chi connectivity index (χ0n) is 18.8. The molecule has 0 spiro atoms. The van der Waals surface area contributed by atoms with Gasteiger partial charge in [-0.1, -0.05) is 42.1 Å². The fourth-order valence-corrected chi connectivity index (χ4v) is 5.06. The summed E-state index contributed by atoms with van der Waals surface area (Å²) in [5.41, 5.74) is 3.91. The second-order valence-corrected chi connectivity index (χ2v) is 9.24. The zero-order valence-corrected chi connectivity index (χ0v) is 20.4. The maximum absolute atomic E-state index is 12.6. The van der Waals surface area contributed by atoms with Gasteiger partial charge in [-0.3, -0.25) is 4.79 Å². The van der Waals surface area contributed by atoms with Crippen molar-refractivity contribution in [2.24, 2.45) is 7.05 Å². The number of methoxy groups -OCH3 is 2. The topological polar surface area (TPSA) is 78.3 Å². The number of thioether (sulfide) groups is 1. The number of hydrogen-bond donors (Lipinski definition) is 1. The molecule has 4 rings (SSSR count). The molecule has 0 fully saturated rings. The van der Waals surface area contributed by atoms with E-state index < -0.39 is 0 Å². The van der Waals surface area contributed by atoms with Gasteiger partial charge in [-0.15, -0.1) is 21.5 Å². The highest BCUT2D eigenvalue weighted by Gasteiger charge is 2.19. The van der Waals surface area contributed by atoms with Crippen molar-refractivity contribution < 1.29 is 14.3 Å². The van der Waals surface area contributed by atoms with E-state index in [0.29, 0.717) is 22.3 Å². The number of rotatable bonds is 8. The van der Waals surface area contributed by atoms with Crippen molar-refractivity contribution in [3.05, 3.63) is 58.8 Å². The largest absolute Gasteiger partial charge is 0.497 e. The van der Waals surface area contributed by atoms with Crippen molar-refractivity contribution in [2.45, 2.75) is 12.1 Å². The number of anilines is 1. The average Bonchev–Trinajstić information content (AvgIpc) is 3.39. The third kappa shape index (κ3) is 4.89. The molecule has 2 aromatic carbocycles. The van der Waals surface area contributed by atoms with Crippen LogP contribution in [0.25, 0.3) is 22.5 Å². The first kappa shape index (κ1) is 22.9. The van der Waals surface area contributed by atoms with Crippen molar-refractivity contribution in [1.29, 1.82) is 0 Å². The number of benzene rings is 2. The van der Waals surface area contributed by atoms with Crippen molar-refractivity contribution in [3.8, 4) is 34.0 Å². The van der Waals surface area contributed by atoms with Crippen LogP contribution in [0.5, 0.6) is 11.5 Å². The molecule has 1 amide bonds. The van der Waals surface area contributed by atoms with Crippen LogP contribution in [0.4, 0.5) is 5.69 Å². The Morgan fingerprint density at radius 1 is 1.12 bits per heavy atom. The van der Waals surface area contributed by atoms with Crippen LogP contribution in [0.3, 0.4) is 0 Å². The van der Waals surface area contributed by atoms with E-state index in [1.165, 1.54) is 16.6 Å². The molecule has 33 heavy (non-hydrogen) atoms. The summed E-state index contributed by atoms with van der Waals surface area (Å²) in [4.78, 5) is 13.8. The second kappa shape index (κ2) is 10.1. The molecule has 2 heterocycles. The number of ether oxygens (including phenoxy) is 2. The van der Waals surface area contributed by atoms with E-state index in [4.69, 9.17) is 9.47 Å². The van der Waals surface area contributed by atoms with Gasteiger partial charge in [0.05, 0.1) is 25.7 Å². The molecule has 2 aromatic heterocycles. The van der Waals surface area contributed by atoms with E-state index in [1.807, 2.05) is 29.8 Å². The van der Waals surface area contributed by atoms with Crippen molar-refractivity contribution in [1.82, 2.24) is 14.8 Å². The quantitative estimate of drug-likeness (QED) is 0.346. The lowest BCUT2D eigenvalue weighted by Gasteiger charge is -2.11. The number of aryl methyl sites for hydroxylation is 1. The Balaban J connectivity index is 1.50. The molecule has 0 aliphatic rings. The number of carbonyl (C=O) groups is 1. The first-order valence-electron chi connectivity index (χ1n) is 10.2. The van der Waals surface area contributed by atoms with E-state index in [0.717, 1.165) is 22.5 Å². The standard InChI is InChI=1S/C24H24N4O3S2/c1-15-22(16-8-6-5-7-9-16)18(13-32-15)23-26-27-24(28(23)2)33-14-21(29)25-19-12-17(30-3)10-11-20(19)31-4/h5-13H,14H2,1-4H3,(H,25,29). The molecule has 170 valence electrons. The van der Waals surface area contributed by atoms with Crippen LogP contribution < -0.4 is 14.8 Å². The summed E-state index contributed by atoms with van der Waals surface area (Å²) in [6.45, 7) is 2.11. The van der Waals surface area contributed by atoms with Crippen LogP contribution in [0.2, 0.25) is 0 Å². The first-order chi connectivity index (χ1) is 16.0. The molecule has 0 saturated heterocycles. The first-order valence-corrected chi connectivity index (χ1v) is 12.1. The summed E-state index contributed by atoms with van der Waals surface area (Å²) in [6.07, 6.45) is 0. The molecule has 0 saturated carbocycles. The summed E-state index contributed by atoms with van der Waals surface area (Å²) in [5, 5.41) is 14.4. The Kier molecular flexibility index (Phi) is 7.00. The third-order valence-corrected chi connectivity index (χ3v) is 7.06. The minimum atomic E-state index is -0.174.